The van der Waals surface area contributed by atoms with E-state index in [1.54, 1.807) is 4.90 Å². The lowest BCUT2D eigenvalue weighted by Crippen LogP contribution is -2.45. The fraction of sp³-hybridized carbons (Fsp3) is 0.529. The minimum atomic E-state index is -0.529. The molecule has 0 spiro atoms. The lowest BCUT2D eigenvalue weighted by molar-refractivity contribution is 0.0180. The zero-order valence-corrected chi connectivity index (χ0v) is 32.1. The summed E-state index contributed by atoms with van der Waals surface area (Å²) >= 11 is 17.8. The fourth-order valence-corrected chi connectivity index (χ4v) is 5.05. The first-order chi connectivity index (χ1) is 21.5. The Hall–Kier alpha value is -2.50. The van der Waals surface area contributed by atoms with Crippen molar-refractivity contribution in [2.24, 2.45) is 0 Å². The first-order valence-electron chi connectivity index (χ1n) is 14.8. The SMILES string of the molecule is CC(C)(C)OC(=O)N(CCCl)CCCl.[C-]#[N+]C1(c2ccc(Br)cc2)CCN(C(=O)OC(C)(C)C)CC1.[C-]#[N+]Cc1ccc(Br)cc1. The van der Waals surface area contributed by atoms with Gasteiger partial charge in [-0.15, -0.1) is 23.2 Å². The van der Waals surface area contributed by atoms with Crippen molar-refractivity contribution in [3.8, 4) is 0 Å². The van der Waals surface area contributed by atoms with Crippen LogP contribution in [0.2, 0.25) is 0 Å². The normalized spacial score (nSPS) is 13.8. The van der Waals surface area contributed by atoms with E-state index in [4.69, 9.17) is 45.8 Å². The molecule has 0 aliphatic carbocycles. The van der Waals surface area contributed by atoms with Crippen molar-refractivity contribution in [1.82, 2.24) is 9.80 Å². The summed E-state index contributed by atoms with van der Waals surface area (Å²) in [5.74, 6) is 0.770. The van der Waals surface area contributed by atoms with Crippen LogP contribution in [-0.2, 0) is 21.6 Å². The maximum absolute atomic E-state index is 12.1. The van der Waals surface area contributed by atoms with Gasteiger partial charge in [-0.25, -0.2) is 22.7 Å². The molecule has 1 heterocycles. The van der Waals surface area contributed by atoms with Gasteiger partial charge in [0.1, 0.15) is 11.2 Å². The first kappa shape index (κ1) is 41.5. The molecular formula is C34H44Br2Cl2N4O4. The third kappa shape index (κ3) is 15.9. The van der Waals surface area contributed by atoms with Gasteiger partial charge in [-0.3, -0.25) is 0 Å². The van der Waals surface area contributed by atoms with Crippen LogP contribution < -0.4 is 0 Å². The lowest BCUT2D eigenvalue weighted by atomic mass is 9.82. The zero-order valence-electron chi connectivity index (χ0n) is 27.4. The molecule has 0 atom stereocenters. The highest BCUT2D eigenvalue weighted by molar-refractivity contribution is 9.10. The van der Waals surface area contributed by atoms with Gasteiger partial charge in [0.15, 0.2) is 0 Å². The second kappa shape index (κ2) is 20.0. The number of benzene rings is 2. The number of piperidine rings is 1. The monoisotopic (exact) mass is 800 g/mol. The molecule has 0 saturated carbocycles. The van der Waals surface area contributed by atoms with E-state index in [1.807, 2.05) is 90.1 Å². The minimum Gasteiger partial charge on any atom is -0.444 e. The van der Waals surface area contributed by atoms with E-state index in [0.29, 0.717) is 57.3 Å². The van der Waals surface area contributed by atoms with Crippen LogP contribution in [0, 0.1) is 13.1 Å². The Balaban J connectivity index is 0.000000378. The van der Waals surface area contributed by atoms with Crippen LogP contribution in [0.15, 0.2) is 57.5 Å². The van der Waals surface area contributed by atoms with Crippen LogP contribution in [0.3, 0.4) is 0 Å². The van der Waals surface area contributed by atoms with Crippen LogP contribution in [0.25, 0.3) is 9.69 Å². The molecular weight excluding hydrogens is 759 g/mol. The Kier molecular flexibility index (Phi) is 18.1. The Morgan fingerprint density at radius 2 is 1.30 bits per heavy atom. The van der Waals surface area contributed by atoms with Gasteiger partial charge in [0.25, 0.3) is 5.54 Å². The van der Waals surface area contributed by atoms with Crippen LogP contribution in [0.4, 0.5) is 9.59 Å². The molecule has 8 nitrogen and oxygen atoms in total. The molecule has 12 heteroatoms. The molecule has 0 aromatic heterocycles. The summed E-state index contributed by atoms with van der Waals surface area (Å²) < 4.78 is 12.6. The number of nitrogens with zero attached hydrogens (tertiary/aromatic N) is 4. The molecule has 0 N–H and O–H groups in total. The third-order valence-electron chi connectivity index (χ3n) is 6.37. The summed E-state index contributed by atoms with van der Waals surface area (Å²) in [7, 11) is 0. The highest BCUT2D eigenvalue weighted by atomic mass is 79.9. The number of carbonyl (C=O) groups excluding carboxylic acids is 2. The number of hydrogen-bond acceptors (Lipinski definition) is 4. The van der Waals surface area contributed by atoms with Gasteiger partial charge in [0.2, 0.25) is 6.54 Å². The van der Waals surface area contributed by atoms with Gasteiger partial charge in [-0.2, -0.15) is 0 Å². The van der Waals surface area contributed by atoms with Crippen LogP contribution in [0.5, 0.6) is 0 Å². The molecule has 0 unspecified atom stereocenters. The zero-order chi connectivity index (χ0) is 35.0. The van der Waals surface area contributed by atoms with Crippen molar-refractivity contribution in [3.05, 3.63) is 91.4 Å². The second-order valence-electron chi connectivity index (χ2n) is 12.4. The van der Waals surface area contributed by atoms with Crippen molar-refractivity contribution in [1.29, 1.82) is 0 Å². The van der Waals surface area contributed by atoms with E-state index >= 15 is 0 Å². The van der Waals surface area contributed by atoms with E-state index in [0.717, 1.165) is 20.1 Å². The predicted octanol–water partition coefficient (Wildman–Crippen LogP) is 10.2. The Morgan fingerprint density at radius 3 is 1.70 bits per heavy atom. The largest absolute Gasteiger partial charge is 0.444 e. The molecule has 0 radical (unpaired) electrons. The van der Waals surface area contributed by atoms with Gasteiger partial charge in [-0.1, -0.05) is 44.0 Å². The second-order valence-corrected chi connectivity index (χ2v) is 15.0. The quantitative estimate of drug-likeness (QED) is 0.216. The Labute approximate surface area is 301 Å². The molecule has 1 saturated heterocycles. The van der Waals surface area contributed by atoms with Crippen molar-refractivity contribution >= 4 is 67.2 Å². The lowest BCUT2D eigenvalue weighted by Gasteiger charge is -2.35. The molecule has 0 bridgehead atoms. The number of rotatable bonds is 6. The molecule has 3 rings (SSSR count). The number of carbonyl (C=O) groups is 2. The maximum atomic E-state index is 12.1. The van der Waals surface area contributed by atoms with E-state index in [-0.39, 0.29) is 12.2 Å². The van der Waals surface area contributed by atoms with Gasteiger partial charge in [0, 0.05) is 70.9 Å². The molecule has 1 fully saturated rings. The number of hydrogen-bond donors (Lipinski definition) is 0. The number of ether oxygens (including phenoxy) is 2. The average Bonchev–Trinajstić information content (AvgIpc) is 2.98. The standard InChI is InChI=1S/C17H21BrN2O2.C9H17Cl2NO2.C8H6BrN/c1-16(2,3)22-15(21)20-11-9-17(19-4,10-12-20)13-5-7-14(18)8-6-13;1-9(2,3)14-8(13)12(6-4-10)7-5-11;1-10-6-7-2-4-8(9)5-3-7/h5-8H,9-12H2,1-3H3;4-7H2,1-3H3;2-5H,6H2. The van der Waals surface area contributed by atoms with Crippen molar-refractivity contribution < 1.29 is 19.1 Å². The summed E-state index contributed by atoms with van der Waals surface area (Å²) in [4.78, 5) is 34.0. The maximum Gasteiger partial charge on any atom is 0.410 e. The summed E-state index contributed by atoms with van der Waals surface area (Å²) in [5.41, 5.74) is 0.595. The summed E-state index contributed by atoms with van der Waals surface area (Å²) in [6, 6.07) is 15.7. The third-order valence-corrected chi connectivity index (χ3v) is 7.77. The van der Waals surface area contributed by atoms with Crippen molar-refractivity contribution in [2.75, 3.05) is 37.9 Å². The average molecular weight is 803 g/mol. The summed E-state index contributed by atoms with van der Waals surface area (Å²) in [6.07, 6.45) is 0.620. The number of alkyl halides is 2. The first-order valence-corrected chi connectivity index (χ1v) is 17.4. The molecule has 2 aromatic rings. The predicted molar refractivity (Wildman–Crippen MR) is 193 cm³/mol. The van der Waals surface area contributed by atoms with Crippen molar-refractivity contribution in [2.45, 2.75) is 77.7 Å². The molecule has 252 valence electrons. The van der Waals surface area contributed by atoms with Gasteiger partial charge in [0.05, 0.1) is 0 Å². The fourth-order valence-electron chi connectivity index (χ4n) is 4.12. The molecule has 2 aromatic carbocycles. The smallest absolute Gasteiger partial charge is 0.410 e. The number of likely N-dealkylation sites (tertiary alicyclic amines) is 1. The highest BCUT2D eigenvalue weighted by Crippen LogP contribution is 2.37. The summed E-state index contributed by atoms with van der Waals surface area (Å²) in [5, 5.41) is 0. The molecule has 2 amide bonds. The van der Waals surface area contributed by atoms with E-state index < -0.39 is 16.7 Å². The Morgan fingerprint density at radius 1 is 0.848 bits per heavy atom. The minimum absolute atomic E-state index is 0.290. The summed E-state index contributed by atoms with van der Waals surface area (Å²) in [6.45, 7) is 27.8. The molecule has 46 heavy (non-hydrogen) atoms. The molecule has 1 aliphatic rings. The van der Waals surface area contributed by atoms with Gasteiger partial charge in [-0.05, 0) is 77.9 Å². The van der Waals surface area contributed by atoms with Crippen LogP contribution in [-0.4, -0.2) is 71.1 Å². The van der Waals surface area contributed by atoms with E-state index in [2.05, 4.69) is 41.5 Å². The van der Waals surface area contributed by atoms with Gasteiger partial charge < -0.3 is 29.0 Å². The van der Waals surface area contributed by atoms with E-state index in [9.17, 15) is 9.59 Å². The van der Waals surface area contributed by atoms with Crippen LogP contribution in [0.1, 0.15) is 65.5 Å². The van der Waals surface area contributed by atoms with Crippen LogP contribution >= 0.6 is 55.1 Å². The van der Waals surface area contributed by atoms with Gasteiger partial charge >= 0.3 is 12.2 Å². The van der Waals surface area contributed by atoms with Crippen molar-refractivity contribution in [3.63, 3.8) is 0 Å². The number of halogens is 4. The van der Waals surface area contributed by atoms with E-state index in [1.165, 1.54) is 4.90 Å². The topological polar surface area (TPSA) is 67.8 Å². The highest BCUT2D eigenvalue weighted by Gasteiger charge is 2.44. The number of amides is 2. The Bertz CT molecular complexity index is 1300. The molecule has 1 aliphatic heterocycles.